The molecule has 0 aliphatic carbocycles. The van der Waals surface area contributed by atoms with Crippen molar-refractivity contribution in [2.45, 2.75) is 38.5 Å². The SMILES string of the molecule is COc1ccc2c(c1)C(C)(C)C(=CC=CC=CC=CC1=[N+](C)c3ccc(OC)cc3C1(C)C)N2C.[Cl-]. The second-order valence-corrected chi connectivity index (χ2v) is 10.2. The summed E-state index contributed by atoms with van der Waals surface area (Å²) in [4.78, 5) is 2.27. The highest BCUT2D eigenvalue weighted by Crippen LogP contribution is 2.48. The van der Waals surface area contributed by atoms with Crippen molar-refractivity contribution in [3.05, 3.63) is 95.8 Å². The fourth-order valence-electron chi connectivity index (χ4n) is 5.37. The largest absolute Gasteiger partial charge is 1.00 e. The minimum atomic E-state index is -0.0838. The average Bonchev–Trinajstić information content (AvgIpc) is 3.15. The van der Waals surface area contributed by atoms with E-state index in [0.29, 0.717) is 0 Å². The highest BCUT2D eigenvalue weighted by atomic mass is 35.5. The Morgan fingerprint density at radius 1 is 0.778 bits per heavy atom. The molecular weight excluding hydrogens is 468 g/mol. The molecule has 2 heterocycles. The zero-order chi connectivity index (χ0) is 25.4. The van der Waals surface area contributed by atoms with Gasteiger partial charge in [0.25, 0.3) is 0 Å². The van der Waals surface area contributed by atoms with Gasteiger partial charge >= 0.3 is 0 Å². The minimum absolute atomic E-state index is 0. The first-order valence-electron chi connectivity index (χ1n) is 12.1. The maximum absolute atomic E-state index is 5.45. The Bertz CT molecular complexity index is 1300. The third-order valence-corrected chi connectivity index (χ3v) is 7.43. The molecule has 0 spiro atoms. The number of rotatable bonds is 6. The summed E-state index contributed by atoms with van der Waals surface area (Å²) in [6.07, 6.45) is 14.9. The van der Waals surface area contributed by atoms with E-state index in [9.17, 15) is 0 Å². The molecule has 2 aromatic rings. The van der Waals surface area contributed by atoms with Gasteiger partial charge in [-0.3, -0.25) is 0 Å². The molecule has 4 rings (SSSR count). The van der Waals surface area contributed by atoms with E-state index in [1.165, 1.54) is 33.9 Å². The van der Waals surface area contributed by atoms with Crippen LogP contribution >= 0.6 is 0 Å². The fourth-order valence-corrected chi connectivity index (χ4v) is 5.37. The fraction of sp³-hybridized carbons (Fsp3) is 0.323. The van der Waals surface area contributed by atoms with Gasteiger partial charge in [-0.25, -0.2) is 0 Å². The number of ether oxygens (including phenoxy) is 2. The Hall–Kier alpha value is -3.24. The molecule has 4 nitrogen and oxygen atoms in total. The minimum Gasteiger partial charge on any atom is -1.00 e. The molecule has 0 N–H and O–H groups in total. The van der Waals surface area contributed by atoms with Crippen LogP contribution in [-0.4, -0.2) is 38.6 Å². The number of benzene rings is 2. The predicted octanol–water partition coefficient (Wildman–Crippen LogP) is 3.69. The molecule has 0 aromatic heterocycles. The van der Waals surface area contributed by atoms with Gasteiger partial charge in [0.1, 0.15) is 18.5 Å². The number of methoxy groups -OCH3 is 2. The standard InChI is InChI=1S/C31H37N2O2.ClH/c1-30(2)24-20-22(34-7)16-18-26(24)32(5)28(30)14-12-10-9-11-13-15-29-31(3,4)25-21-23(35-8)17-19-27(25)33(29)6;/h9-21H,1-8H3;1H/q+1;/p-1. The van der Waals surface area contributed by atoms with E-state index in [4.69, 9.17) is 9.47 Å². The number of halogens is 1. The molecule has 0 saturated heterocycles. The number of nitrogens with zero attached hydrogens (tertiary/aromatic N) is 2. The summed E-state index contributed by atoms with van der Waals surface area (Å²) in [6, 6.07) is 12.6. The quantitative estimate of drug-likeness (QED) is 0.443. The molecular formula is C31H37ClN2O2. The second-order valence-electron chi connectivity index (χ2n) is 10.2. The first-order chi connectivity index (χ1) is 16.6. The first-order valence-corrected chi connectivity index (χ1v) is 12.1. The summed E-state index contributed by atoms with van der Waals surface area (Å²) in [5, 5.41) is 0. The van der Waals surface area contributed by atoms with Gasteiger partial charge < -0.3 is 26.8 Å². The Labute approximate surface area is 222 Å². The van der Waals surface area contributed by atoms with Gasteiger partial charge in [-0.1, -0.05) is 44.2 Å². The van der Waals surface area contributed by atoms with Gasteiger partial charge in [-0.15, -0.1) is 0 Å². The summed E-state index contributed by atoms with van der Waals surface area (Å²) in [5.74, 6) is 1.79. The van der Waals surface area contributed by atoms with Crippen LogP contribution in [0.15, 0.2) is 84.6 Å². The van der Waals surface area contributed by atoms with Gasteiger partial charge in [0, 0.05) is 41.6 Å². The van der Waals surface area contributed by atoms with E-state index in [1.807, 2.05) is 12.1 Å². The lowest BCUT2D eigenvalue weighted by Crippen LogP contribution is -3.00. The molecule has 36 heavy (non-hydrogen) atoms. The highest BCUT2D eigenvalue weighted by Gasteiger charge is 2.43. The Morgan fingerprint density at radius 2 is 1.36 bits per heavy atom. The number of likely N-dealkylation sites (N-methyl/N-ethyl adjacent to an activating group) is 1. The lowest BCUT2D eigenvalue weighted by atomic mass is 9.81. The molecule has 0 unspecified atom stereocenters. The number of fused-ring (bicyclic) bond motifs is 2. The molecule has 5 heteroatoms. The summed E-state index contributed by atoms with van der Waals surface area (Å²) in [6.45, 7) is 9.05. The van der Waals surface area contributed by atoms with E-state index in [1.54, 1.807) is 14.2 Å². The summed E-state index contributed by atoms with van der Waals surface area (Å²) < 4.78 is 13.2. The Balaban J connectivity index is 0.00000361. The first kappa shape index (κ1) is 27.3. The average molecular weight is 505 g/mol. The topological polar surface area (TPSA) is 24.7 Å². The number of anilines is 1. The molecule has 0 saturated carbocycles. The predicted molar refractivity (Wildman–Crippen MR) is 147 cm³/mol. The maximum Gasteiger partial charge on any atom is 0.209 e. The lowest BCUT2D eigenvalue weighted by Gasteiger charge is -2.23. The van der Waals surface area contributed by atoms with Crippen molar-refractivity contribution in [2.75, 3.05) is 33.2 Å². The summed E-state index contributed by atoms with van der Waals surface area (Å²) >= 11 is 0. The normalized spacial score (nSPS) is 18.9. The molecule has 0 atom stereocenters. The van der Waals surface area contributed by atoms with Crippen LogP contribution in [0.4, 0.5) is 11.4 Å². The molecule has 0 bridgehead atoms. The Kier molecular flexibility index (Phi) is 7.90. The van der Waals surface area contributed by atoms with E-state index in [-0.39, 0.29) is 23.2 Å². The van der Waals surface area contributed by atoms with Crippen LogP contribution in [-0.2, 0) is 10.8 Å². The van der Waals surface area contributed by atoms with E-state index >= 15 is 0 Å². The number of hydrogen-bond acceptors (Lipinski definition) is 3. The van der Waals surface area contributed by atoms with Crippen molar-refractivity contribution < 1.29 is 26.5 Å². The number of allylic oxidation sites excluding steroid dienone is 8. The van der Waals surface area contributed by atoms with E-state index in [0.717, 1.165) is 11.5 Å². The van der Waals surface area contributed by atoms with Crippen LogP contribution in [0.1, 0.15) is 38.8 Å². The monoisotopic (exact) mass is 504 g/mol. The van der Waals surface area contributed by atoms with Crippen molar-refractivity contribution in [2.24, 2.45) is 0 Å². The van der Waals surface area contributed by atoms with Crippen molar-refractivity contribution in [1.82, 2.24) is 0 Å². The summed E-state index contributed by atoms with van der Waals surface area (Å²) in [7, 11) is 7.69. The molecule has 2 aromatic carbocycles. The van der Waals surface area contributed by atoms with Crippen LogP contribution in [0, 0.1) is 0 Å². The van der Waals surface area contributed by atoms with Crippen LogP contribution < -0.4 is 26.8 Å². The van der Waals surface area contributed by atoms with Gasteiger partial charge in [0.15, 0.2) is 5.71 Å². The van der Waals surface area contributed by atoms with Gasteiger partial charge in [-0.2, -0.15) is 4.58 Å². The zero-order valence-electron chi connectivity index (χ0n) is 22.6. The van der Waals surface area contributed by atoms with Gasteiger partial charge in [0.05, 0.1) is 19.6 Å². The van der Waals surface area contributed by atoms with Crippen molar-refractivity contribution in [3.8, 4) is 11.5 Å². The highest BCUT2D eigenvalue weighted by molar-refractivity contribution is 6.03. The van der Waals surface area contributed by atoms with E-state index < -0.39 is 0 Å². The molecule has 0 radical (unpaired) electrons. The smallest absolute Gasteiger partial charge is 0.209 e. The maximum atomic E-state index is 5.45. The molecule has 0 amide bonds. The molecule has 2 aliphatic heterocycles. The van der Waals surface area contributed by atoms with Gasteiger partial charge in [-0.05, 0) is 55.8 Å². The van der Waals surface area contributed by atoms with Crippen molar-refractivity contribution in [3.63, 3.8) is 0 Å². The van der Waals surface area contributed by atoms with Gasteiger partial charge in [0.2, 0.25) is 5.69 Å². The van der Waals surface area contributed by atoms with Crippen molar-refractivity contribution >= 4 is 17.1 Å². The van der Waals surface area contributed by atoms with Crippen LogP contribution in [0.2, 0.25) is 0 Å². The third-order valence-electron chi connectivity index (χ3n) is 7.43. The lowest BCUT2D eigenvalue weighted by molar-refractivity contribution is -0.401. The van der Waals surface area contributed by atoms with Crippen molar-refractivity contribution in [1.29, 1.82) is 0 Å². The molecule has 190 valence electrons. The van der Waals surface area contributed by atoms with Crippen LogP contribution in [0.3, 0.4) is 0 Å². The zero-order valence-corrected chi connectivity index (χ0v) is 23.4. The molecule has 0 fully saturated rings. The third kappa shape index (κ3) is 4.62. The second kappa shape index (κ2) is 10.4. The van der Waals surface area contributed by atoms with Crippen LogP contribution in [0.25, 0.3) is 0 Å². The summed E-state index contributed by atoms with van der Waals surface area (Å²) in [5.41, 5.74) is 7.39. The Morgan fingerprint density at radius 3 is 2.03 bits per heavy atom. The van der Waals surface area contributed by atoms with E-state index in [2.05, 4.69) is 118 Å². The molecule has 2 aliphatic rings. The number of hydrogen-bond donors (Lipinski definition) is 0. The van der Waals surface area contributed by atoms with Crippen LogP contribution in [0.5, 0.6) is 11.5 Å².